The summed E-state index contributed by atoms with van der Waals surface area (Å²) in [6, 6.07) is 21.5. The predicted octanol–water partition coefficient (Wildman–Crippen LogP) is 5.23. The third kappa shape index (κ3) is 3.85. The molecule has 0 saturated heterocycles. The summed E-state index contributed by atoms with van der Waals surface area (Å²) >= 11 is 0. The van der Waals surface area contributed by atoms with E-state index in [1.807, 2.05) is 67.7 Å². The van der Waals surface area contributed by atoms with Gasteiger partial charge in [0.05, 0.1) is 21.9 Å². The number of aromatic nitrogens is 2. The molecule has 3 aromatic carbocycles. The summed E-state index contributed by atoms with van der Waals surface area (Å²) < 4.78 is 0. The Balaban J connectivity index is 1.65. The van der Waals surface area contributed by atoms with Crippen LogP contribution in [-0.2, 0) is 4.79 Å². The van der Waals surface area contributed by atoms with E-state index in [9.17, 15) is 14.9 Å². The van der Waals surface area contributed by atoms with E-state index in [4.69, 9.17) is 0 Å². The molecule has 0 unspecified atom stereocenters. The van der Waals surface area contributed by atoms with Crippen molar-refractivity contribution in [2.45, 2.75) is 6.92 Å². The fourth-order valence-electron chi connectivity index (χ4n) is 3.87. The molecule has 0 spiro atoms. The van der Waals surface area contributed by atoms with Gasteiger partial charge >= 0.3 is 0 Å². The van der Waals surface area contributed by atoms with Crippen LogP contribution in [0.5, 0.6) is 0 Å². The van der Waals surface area contributed by atoms with Crippen LogP contribution in [0.1, 0.15) is 17.0 Å². The molecule has 0 radical (unpaired) electrons. The summed E-state index contributed by atoms with van der Waals surface area (Å²) in [7, 11) is 0. The van der Waals surface area contributed by atoms with Gasteiger partial charge in [0.25, 0.3) is 11.6 Å². The van der Waals surface area contributed by atoms with E-state index in [-0.39, 0.29) is 11.6 Å². The smallest absolute Gasteiger partial charge is 0.270 e. The van der Waals surface area contributed by atoms with Crippen molar-refractivity contribution in [2.24, 2.45) is 0 Å². The van der Waals surface area contributed by atoms with Gasteiger partial charge in [-0.1, -0.05) is 42.5 Å². The van der Waals surface area contributed by atoms with Crippen LogP contribution in [0.2, 0.25) is 0 Å². The van der Waals surface area contributed by atoms with Gasteiger partial charge in [0.2, 0.25) is 0 Å². The Bertz CT molecular complexity index is 1420. The van der Waals surface area contributed by atoms with Crippen molar-refractivity contribution in [1.29, 1.82) is 0 Å². The van der Waals surface area contributed by atoms with E-state index >= 15 is 0 Å². The van der Waals surface area contributed by atoms with Crippen LogP contribution in [0.25, 0.3) is 22.5 Å². The van der Waals surface area contributed by atoms with Crippen LogP contribution in [0.15, 0.2) is 79.0 Å². The van der Waals surface area contributed by atoms with Crippen molar-refractivity contribution in [2.75, 3.05) is 10.6 Å². The molecule has 2 heterocycles. The van der Waals surface area contributed by atoms with Crippen molar-refractivity contribution < 1.29 is 9.72 Å². The Morgan fingerprint density at radius 2 is 1.85 bits per heavy atom. The van der Waals surface area contributed by atoms with Gasteiger partial charge < -0.3 is 15.6 Å². The number of anilines is 2. The van der Waals surface area contributed by atoms with Crippen molar-refractivity contribution in [3.63, 3.8) is 0 Å². The Kier molecular flexibility index (Phi) is 4.95. The lowest BCUT2D eigenvalue weighted by atomic mass is 9.99. The molecule has 162 valence electrons. The number of benzene rings is 3. The second-order valence-corrected chi connectivity index (χ2v) is 7.63. The molecule has 1 amide bonds. The summed E-state index contributed by atoms with van der Waals surface area (Å²) in [5.74, 6) is 0.493. The molecule has 0 fully saturated rings. The lowest BCUT2D eigenvalue weighted by Crippen LogP contribution is -2.10. The molecular formula is C25H19N5O3. The Morgan fingerprint density at radius 3 is 2.58 bits per heavy atom. The number of carbonyl (C=O) groups excluding carboxylic acids is 1. The first-order valence-electron chi connectivity index (χ1n) is 10.3. The minimum atomic E-state index is -0.467. The number of amides is 1. The molecule has 1 aliphatic rings. The topological polar surface area (TPSA) is 113 Å². The number of aromatic amines is 1. The first-order valence-corrected chi connectivity index (χ1v) is 10.3. The molecule has 33 heavy (non-hydrogen) atoms. The number of non-ortho nitro benzene ring substituents is 1. The SMILES string of the molecule is Cc1nc(-c2cccc(NC(=C3C(=O)Nc4ccc([N+](=O)[O-])cc43)c3ccccc3)c2)c[nH]1. The van der Waals surface area contributed by atoms with E-state index in [2.05, 4.69) is 20.6 Å². The molecule has 1 aliphatic heterocycles. The average molecular weight is 437 g/mol. The summed E-state index contributed by atoms with van der Waals surface area (Å²) in [6.07, 6.45) is 1.84. The summed E-state index contributed by atoms with van der Waals surface area (Å²) in [6.45, 7) is 1.89. The summed E-state index contributed by atoms with van der Waals surface area (Å²) in [5.41, 5.74) is 5.11. The second kappa shape index (κ2) is 8.08. The fraction of sp³-hybridized carbons (Fsp3) is 0.0400. The van der Waals surface area contributed by atoms with Crippen molar-refractivity contribution in [3.05, 3.63) is 106 Å². The van der Waals surface area contributed by atoms with Crippen LogP contribution >= 0.6 is 0 Å². The Morgan fingerprint density at radius 1 is 1.03 bits per heavy atom. The van der Waals surface area contributed by atoms with Gasteiger partial charge in [0, 0.05) is 40.8 Å². The zero-order valence-electron chi connectivity index (χ0n) is 17.6. The van der Waals surface area contributed by atoms with Crippen LogP contribution in [-0.4, -0.2) is 20.8 Å². The maximum Gasteiger partial charge on any atom is 0.270 e. The highest BCUT2D eigenvalue weighted by atomic mass is 16.6. The molecule has 4 aromatic rings. The Hall–Kier alpha value is -4.72. The van der Waals surface area contributed by atoms with Gasteiger partial charge in [0.15, 0.2) is 0 Å². The number of H-pyrrole nitrogens is 1. The largest absolute Gasteiger partial charge is 0.354 e. The number of rotatable bonds is 5. The highest BCUT2D eigenvalue weighted by Crippen LogP contribution is 2.39. The van der Waals surface area contributed by atoms with Gasteiger partial charge in [-0.3, -0.25) is 14.9 Å². The lowest BCUT2D eigenvalue weighted by Gasteiger charge is -2.15. The molecule has 0 bridgehead atoms. The average Bonchev–Trinajstić information content (AvgIpc) is 3.40. The van der Waals surface area contributed by atoms with Gasteiger partial charge in [-0.2, -0.15) is 0 Å². The van der Waals surface area contributed by atoms with Crippen LogP contribution in [0.4, 0.5) is 17.1 Å². The minimum Gasteiger partial charge on any atom is -0.354 e. The number of aryl methyl sites for hydroxylation is 1. The molecule has 0 aliphatic carbocycles. The molecule has 8 nitrogen and oxygen atoms in total. The van der Waals surface area contributed by atoms with E-state index in [0.29, 0.717) is 22.5 Å². The molecule has 3 N–H and O–H groups in total. The monoisotopic (exact) mass is 437 g/mol. The Labute approximate surface area is 189 Å². The molecular weight excluding hydrogens is 418 g/mol. The number of hydrogen-bond acceptors (Lipinski definition) is 5. The van der Waals surface area contributed by atoms with E-state index in [0.717, 1.165) is 28.3 Å². The normalized spacial score (nSPS) is 13.9. The van der Waals surface area contributed by atoms with Crippen LogP contribution < -0.4 is 10.6 Å². The first-order chi connectivity index (χ1) is 16.0. The molecule has 1 aromatic heterocycles. The molecule has 0 atom stereocenters. The van der Waals surface area contributed by atoms with Crippen molar-refractivity contribution in [1.82, 2.24) is 9.97 Å². The second-order valence-electron chi connectivity index (χ2n) is 7.63. The maximum atomic E-state index is 13.0. The van der Waals surface area contributed by atoms with Crippen molar-refractivity contribution >= 4 is 34.2 Å². The standard InChI is InChI=1S/C25H19N5O3/c1-15-26-14-22(27-15)17-8-5-9-18(12-17)28-24(16-6-3-2-4-7-16)23-20-13-19(30(32)33)10-11-21(20)29-25(23)31/h2-14,28H,1H3,(H,26,27)(H,29,31). The van der Waals surface area contributed by atoms with Gasteiger partial charge in [-0.15, -0.1) is 0 Å². The van der Waals surface area contributed by atoms with E-state index in [1.54, 1.807) is 6.07 Å². The maximum absolute atomic E-state index is 13.0. The number of hydrogen-bond donors (Lipinski definition) is 3. The first kappa shape index (κ1) is 20.2. The zero-order valence-corrected chi connectivity index (χ0v) is 17.6. The highest BCUT2D eigenvalue weighted by Gasteiger charge is 2.30. The molecule has 8 heteroatoms. The van der Waals surface area contributed by atoms with E-state index in [1.165, 1.54) is 12.1 Å². The predicted molar refractivity (Wildman–Crippen MR) is 127 cm³/mol. The van der Waals surface area contributed by atoms with Gasteiger partial charge in [0.1, 0.15) is 5.82 Å². The van der Waals surface area contributed by atoms with Gasteiger partial charge in [-0.25, -0.2) is 4.98 Å². The minimum absolute atomic E-state index is 0.0777. The van der Waals surface area contributed by atoms with Crippen LogP contribution in [0, 0.1) is 17.0 Å². The third-order valence-corrected chi connectivity index (χ3v) is 5.40. The number of nitrogens with one attached hydrogen (secondary N) is 3. The van der Waals surface area contributed by atoms with Crippen molar-refractivity contribution in [3.8, 4) is 11.3 Å². The van der Waals surface area contributed by atoms with Gasteiger partial charge in [-0.05, 0) is 30.7 Å². The highest BCUT2D eigenvalue weighted by molar-refractivity contribution is 6.37. The number of nitro groups is 1. The number of imidazole rings is 1. The number of carbonyl (C=O) groups is 1. The number of nitrogens with zero attached hydrogens (tertiary/aromatic N) is 2. The zero-order chi connectivity index (χ0) is 22.9. The fourth-order valence-corrected chi connectivity index (χ4v) is 3.87. The molecule has 5 rings (SSSR count). The number of nitro benzene ring substituents is 1. The number of fused-ring (bicyclic) bond motifs is 1. The quantitative estimate of drug-likeness (QED) is 0.225. The summed E-state index contributed by atoms with van der Waals surface area (Å²) in [4.78, 5) is 31.5. The van der Waals surface area contributed by atoms with E-state index < -0.39 is 4.92 Å². The summed E-state index contributed by atoms with van der Waals surface area (Å²) in [5, 5.41) is 17.6. The van der Waals surface area contributed by atoms with Crippen LogP contribution in [0.3, 0.4) is 0 Å². The third-order valence-electron chi connectivity index (χ3n) is 5.40. The lowest BCUT2D eigenvalue weighted by molar-refractivity contribution is -0.384. The molecule has 0 saturated carbocycles.